The molecule has 0 bridgehead atoms. The van der Waals surface area contributed by atoms with Crippen LogP contribution in [0.1, 0.15) is 30.4 Å². The summed E-state index contributed by atoms with van der Waals surface area (Å²) in [5.74, 6) is 0. The number of aryl methyl sites for hydroxylation is 2. The first kappa shape index (κ1) is 14.3. The van der Waals surface area contributed by atoms with Crippen LogP contribution in [0.25, 0.3) is 0 Å². The molecule has 0 saturated heterocycles. The lowest BCUT2D eigenvalue weighted by molar-refractivity contribution is 0.474. The van der Waals surface area contributed by atoms with Gasteiger partial charge in [-0.3, -0.25) is 0 Å². The maximum atomic E-state index is 3.45. The molecule has 19 heavy (non-hydrogen) atoms. The average Bonchev–Trinajstić information content (AvgIpc) is 2.97. The predicted molar refractivity (Wildman–Crippen MR) is 84.9 cm³/mol. The average molecular weight is 273 g/mol. The Morgan fingerprint density at radius 3 is 2.53 bits per heavy atom. The van der Waals surface area contributed by atoms with Crippen LogP contribution in [-0.2, 0) is 12.8 Å². The summed E-state index contributed by atoms with van der Waals surface area (Å²) in [6.07, 6.45) is 6.15. The van der Waals surface area contributed by atoms with Crippen molar-refractivity contribution in [3.63, 3.8) is 0 Å². The van der Waals surface area contributed by atoms with Gasteiger partial charge in [0.05, 0.1) is 0 Å². The Morgan fingerprint density at radius 1 is 1.00 bits per heavy atom. The van der Waals surface area contributed by atoms with E-state index >= 15 is 0 Å². The third kappa shape index (κ3) is 5.17. The Kier molecular flexibility index (Phi) is 6.12. The van der Waals surface area contributed by atoms with Crippen molar-refractivity contribution in [3.8, 4) is 0 Å². The van der Waals surface area contributed by atoms with Gasteiger partial charge in [-0.05, 0) is 67.1 Å². The van der Waals surface area contributed by atoms with Crippen molar-refractivity contribution in [2.45, 2.75) is 38.1 Å². The largest absolute Gasteiger partial charge is 0.317 e. The highest BCUT2D eigenvalue weighted by molar-refractivity contribution is 7.07. The fourth-order valence-corrected chi connectivity index (χ4v) is 3.11. The summed E-state index contributed by atoms with van der Waals surface area (Å²) in [7, 11) is 2.08. The molecule has 0 saturated carbocycles. The lowest BCUT2D eigenvalue weighted by Crippen LogP contribution is -2.25. The minimum Gasteiger partial charge on any atom is -0.317 e. The van der Waals surface area contributed by atoms with E-state index < -0.39 is 0 Å². The smallest absolute Gasteiger partial charge is 0.00673 e. The van der Waals surface area contributed by atoms with Crippen LogP contribution in [0.4, 0.5) is 0 Å². The third-order valence-corrected chi connectivity index (χ3v) is 4.36. The monoisotopic (exact) mass is 273 g/mol. The molecule has 0 fully saturated rings. The summed E-state index contributed by atoms with van der Waals surface area (Å²) in [6.45, 7) is 0. The zero-order valence-electron chi connectivity index (χ0n) is 11.6. The van der Waals surface area contributed by atoms with Crippen molar-refractivity contribution in [1.29, 1.82) is 0 Å². The maximum Gasteiger partial charge on any atom is 0.00673 e. The van der Waals surface area contributed by atoms with Crippen LogP contribution >= 0.6 is 11.3 Å². The molecule has 0 spiro atoms. The molecule has 2 rings (SSSR count). The van der Waals surface area contributed by atoms with Gasteiger partial charge in [0.1, 0.15) is 0 Å². The van der Waals surface area contributed by atoms with Crippen molar-refractivity contribution in [3.05, 3.63) is 58.3 Å². The van der Waals surface area contributed by atoms with Gasteiger partial charge in [-0.2, -0.15) is 11.3 Å². The second kappa shape index (κ2) is 8.13. The normalized spacial score (nSPS) is 12.5. The van der Waals surface area contributed by atoms with E-state index in [2.05, 4.69) is 59.5 Å². The van der Waals surface area contributed by atoms with Crippen LogP contribution < -0.4 is 5.32 Å². The summed E-state index contributed by atoms with van der Waals surface area (Å²) in [6, 6.07) is 13.7. The van der Waals surface area contributed by atoms with Crippen LogP contribution in [0.2, 0.25) is 0 Å². The molecule has 1 nitrogen and oxygen atoms in total. The van der Waals surface area contributed by atoms with Crippen molar-refractivity contribution in [2.24, 2.45) is 0 Å². The van der Waals surface area contributed by atoms with Crippen molar-refractivity contribution < 1.29 is 0 Å². The molecule has 0 aliphatic carbocycles. The second-order valence-corrected chi connectivity index (χ2v) is 5.81. The van der Waals surface area contributed by atoms with Crippen LogP contribution in [0.3, 0.4) is 0 Å². The molecule has 1 aromatic carbocycles. The predicted octanol–water partition coefficient (Wildman–Crippen LogP) is 4.29. The second-order valence-electron chi connectivity index (χ2n) is 5.03. The van der Waals surface area contributed by atoms with Gasteiger partial charge in [0.2, 0.25) is 0 Å². The minimum absolute atomic E-state index is 0.642. The SMILES string of the molecule is CNC(CCCc1ccccc1)CCc1ccsc1. The zero-order valence-corrected chi connectivity index (χ0v) is 12.5. The van der Waals surface area contributed by atoms with Gasteiger partial charge >= 0.3 is 0 Å². The Labute approximate surface area is 120 Å². The first-order chi connectivity index (χ1) is 9.38. The highest BCUT2D eigenvalue weighted by Crippen LogP contribution is 2.13. The molecule has 1 heterocycles. The zero-order chi connectivity index (χ0) is 13.3. The Hall–Kier alpha value is -1.12. The van der Waals surface area contributed by atoms with E-state index in [-0.39, 0.29) is 0 Å². The minimum atomic E-state index is 0.642. The van der Waals surface area contributed by atoms with Gasteiger partial charge in [0.25, 0.3) is 0 Å². The molecule has 2 aromatic rings. The first-order valence-electron chi connectivity index (χ1n) is 7.11. The molecule has 1 atom stereocenters. The van der Waals surface area contributed by atoms with Gasteiger partial charge in [-0.25, -0.2) is 0 Å². The van der Waals surface area contributed by atoms with Gasteiger partial charge in [-0.15, -0.1) is 0 Å². The van der Waals surface area contributed by atoms with Crippen LogP contribution in [-0.4, -0.2) is 13.1 Å². The van der Waals surface area contributed by atoms with E-state index in [0.717, 1.165) is 0 Å². The molecular formula is C17H23NS. The van der Waals surface area contributed by atoms with E-state index in [4.69, 9.17) is 0 Å². The highest BCUT2D eigenvalue weighted by Gasteiger charge is 2.06. The molecule has 1 N–H and O–H groups in total. The quantitative estimate of drug-likeness (QED) is 0.756. The summed E-state index contributed by atoms with van der Waals surface area (Å²) in [5, 5.41) is 7.88. The van der Waals surface area contributed by atoms with E-state index in [1.54, 1.807) is 11.3 Å². The van der Waals surface area contributed by atoms with Gasteiger partial charge in [0, 0.05) is 6.04 Å². The standard InChI is InChI=1S/C17H23NS/c1-18-17(11-10-16-12-13-19-14-16)9-5-8-15-6-3-2-4-7-15/h2-4,6-7,12-14,17-18H,5,8-11H2,1H3. The number of nitrogens with one attached hydrogen (secondary N) is 1. The molecule has 102 valence electrons. The molecule has 2 heteroatoms. The summed E-state index contributed by atoms with van der Waals surface area (Å²) >= 11 is 1.79. The maximum absolute atomic E-state index is 3.45. The topological polar surface area (TPSA) is 12.0 Å². The molecule has 1 aromatic heterocycles. The molecule has 0 radical (unpaired) electrons. The number of benzene rings is 1. The Morgan fingerprint density at radius 2 is 1.84 bits per heavy atom. The summed E-state index contributed by atoms with van der Waals surface area (Å²) in [4.78, 5) is 0. The lowest BCUT2D eigenvalue weighted by atomic mass is 10.0. The number of rotatable bonds is 8. The van der Waals surface area contributed by atoms with Crippen LogP contribution in [0.5, 0.6) is 0 Å². The van der Waals surface area contributed by atoms with E-state index in [0.29, 0.717) is 6.04 Å². The summed E-state index contributed by atoms with van der Waals surface area (Å²) in [5.41, 5.74) is 2.93. The van der Waals surface area contributed by atoms with Crippen molar-refractivity contribution >= 4 is 11.3 Å². The Bertz CT molecular complexity index is 436. The van der Waals surface area contributed by atoms with Crippen LogP contribution in [0.15, 0.2) is 47.2 Å². The van der Waals surface area contributed by atoms with Gasteiger partial charge in [-0.1, -0.05) is 30.3 Å². The molecule has 0 amide bonds. The molecule has 1 unspecified atom stereocenters. The Balaban J connectivity index is 1.67. The lowest BCUT2D eigenvalue weighted by Gasteiger charge is -2.15. The number of hydrogen-bond donors (Lipinski definition) is 1. The van der Waals surface area contributed by atoms with Gasteiger partial charge in [0.15, 0.2) is 0 Å². The van der Waals surface area contributed by atoms with E-state index in [9.17, 15) is 0 Å². The number of hydrogen-bond acceptors (Lipinski definition) is 2. The molecule has 0 aliphatic rings. The van der Waals surface area contributed by atoms with Crippen molar-refractivity contribution in [2.75, 3.05) is 7.05 Å². The third-order valence-electron chi connectivity index (χ3n) is 3.63. The van der Waals surface area contributed by atoms with Crippen LogP contribution in [0, 0.1) is 0 Å². The number of thiophene rings is 1. The summed E-state index contributed by atoms with van der Waals surface area (Å²) < 4.78 is 0. The highest BCUT2D eigenvalue weighted by atomic mass is 32.1. The first-order valence-corrected chi connectivity index (χ1v) is 8.05. The van der Waals surface area contributed by atoms with Gasteiger partial charge < -0.3 is 5.32 Å². The van der Waals surface area contributed by atoms with Crippen molar-refractivity contribution in [1.82, 2.24) is 5.32 Å². The fourth-order valence-electron chi connectivity index (χ4n) is 2.41. The fraction of sp³-hybridized carbons (Fsp3) is 0.412. The molecule has 0 aliphatic heterocycles. The van der Waals surface area contributed by atoms with E-state index in [1.165, 1.54) is 43.2 Å². The van der Waals surface area contributed by atoms with E-state index in [1.807, 2.05) is 0 Å². The molecular weight excluding hydrogens is 250 g/mol.